The van der Waals surface area contributed by atoms with Gasteiger partial charge in [-0.05, 0) is 43.6 Å². The third-order valence-corrected chi connectivity index (χ3v) is 3.90. The van der Waals surface area contributed by atoms with E-state index in [1.165, 1.54) is 10.4 Å². The molecule has 1 aromatic heterocycles. The van der Waals surface area contributed by atoms with Crippen molar-refractivity contribution in [1.82, 2.24) is 5.32 Å². The van der Waals surface area contributed by atoms with Crippen molar-refractivity contribution in [3.05, 3.63) is 57.2 Å². The zero-order valence-corrected chi connectivity index (χ0v) is 11.2. The molecule has 0 unspecified atom stereocenters. The van der Waals surface area contributed by atoms with E-state index < -0.39 is 0 Å². The number of halogens is 1. The van der Waals surface area contributed by atoms with Crippen molar-refractivity contribution in [2.45, 2.75) is 12.8 Å². The predicted molar refractivity (Wildman–Crippen MR) is 76.0 cm³/mol. The van der Waals surface area contributed by atoms with Crippen molar-refractivity contribution < 1.29 is 0 Å². The Morgan fingerprint density at radius 1 is 0.941 bits per heavy atom. The van der Waals surface area contributed by atoms with E-state index in [9.17, 15) is 0 Å². The minimum Gasteiger partial charge on any atom is -0.316 e. The summed E-state index contributed by atoms with van der Waals surface area (Å²) in [7, 11) is 0. The molecule has 0 saturated carbocycles. The number of nitrogens with one attached hydrogen (secondary N) is 1. The standard InChI is InChI=1S/C14H16ClNS/c15-14-7-6-13(17-14)9-11-16-10-8-12-4-2-1-3-5-12/h1-7,16H,8-11H2. The van der Waals surface area contributed by atoms with Crippen LogP contribution in [0.2, 0.25) is 4.34 Å². The lowest BCUT2D eigenvalue weighted by atomic mass is 10.1. The lowest BCUT2D eigenvalue weighted by Crippen LogP contribution is -2.19. The van der Waals surface area contributed by atoms with E-state index in [2.05, 4.69) is 41.7 Å². The van der Waals surface area contributed by atoms with Crippen molar-refractivity contribution in [1.29, 1.82) is 0 Å². The molecule has 0 aliphatic heterocycles. The van der Waals surface area contributed by atoms with Crippen LogP contribution in [0.5, 0.6) is 0 Å². The largest absolute Gasteiger partial charge is 0.316 e. The Hall–Kier alpha value is -0.830. The van der Waals surface area contributed by atoms with Crippen LogP contribution < -0.4 is 5.32 Å². The quantitative estimate of drug-likeness (QED) is 0.784. The lowest BCUT2D eigenvalue weighted by molar-refractivity contribution is 0.685. The molecule has 2 aromatic rings. The fourth-order valence-electron chi connectivity index (χ4n) is 1.70. The van der Waals surface area contributed by atoms with Crippen LogP contribution in [0.4, 0.5) is 0 Å². The second kappa shape index (κ2) is 6.80. The highest BCUT2D eigenvalue weighted by atomic mass is 35.5. The van der Waals surface area contributed by atoms with Gasteiger partial charge in [0.1, 0.15) is 0 Å². The molecule has 2 rings (SSSR count). The second-order valence-electron chi connectivity index (χ2n) is 3.94. The maximum atomic E-state index is 5.88. The lowest BCUT2D eigenvalue weighted by Gasteiger charge is -2.03. The summed E-state index contributed by atoms with van der Waals surface area (Å²) in [6.07, 6.45) is 2.15. The van der Waals surface area contributed by atoms with Gasteiger partial charge in [-0.1, -0.05) is 41.9 Å². The molecule has 0 atom stereocenters. The molecule has 1 aromatic carbocycles. The summed E-state index contributed by atoms with van der Waals surface area (Å²) in [5, 5.41) is 3.46. The molecule has 1 N–H and O–H groups in total. The van der Waals surface area contributed by atoms with Crippen LogP contribution in [-0.2, 0) is 12.8 Å². The van der Waals surface area contributed by atoms with Crippen molar-refractivity contribution in [2.24, 2.45) is 0 Å². The summed E-state index contributed by atoms with van der Waals surface area (Å²) in [5.74, 6) is 0. The highest BCUT2D eigenvalue weighted by Gasteiger charge is 1.97. The van der Waals surface area contributed by atoms with E-state index >= 15 is 0 Å². The van der Waals surface area contributed by atoms with Gasteiger partial charge in [-0.25, -0.2) is 0 Å². The topological polar surface area (TPSA) is 12.0 Å². The molecular formula is C14H16ClNS. The molecule has 0 fully saturated rings. The van der Waals surface area contributed by atoms with Crippen molar-refractivity contribution >= 4 is 22.9 Å². The van der Waals surface area contributed by atoms with Crippen molar-refractivity contribution in [3.8, 4) is 0 Å². The SMILES string of the molecule is Clc1ccc(CCNCCc2ccccc2)s1. The van der Waals surface area contributed by atoms with Crippen molar-refractivity contribution in [3.63, 3.8) is 0 Å². The van der Waals surface area contributed by atoms with Gasteiger partial charge in [0.2, 0.25) is 0 Å². The minimum atomic E-state index is 0.879. The van der Waals surface area contributed by atoms with Gasteiger partial charge in [0.25, 0.3) is 0 Å². The van der Waals surface area contributed by atoms with E-state index in [4.69, 9.17) is 11.6 Å². The van der Waals surface area contributed by atoms with E-state index in [0.29, 0.717) is 0 Å². The minimum absolute atomic E-state index is 0.879. The normalized spacial score (nSPS) is 10.6. The summed E-state index contributed by atoms with van der Waals surface area (Å²) in [4.78, 5) is 1.35. The first-order chi connectivity index (χ1) is 8.34. The maximum Gasteiger partial charge on any atom is 0.0931 e. The number of hydrogen-bond acceptors (Lipinski definition) is 2. The van der Waals surface area contributed by atoms with Crippen LogP contribution in [0, 0.1) is 0 Å². The van der Waals surface area contributed by atoms with Crippen LogP contribution in [0.25, 0.3) is 0 Å². The molecule has 17 heavy (non-hydrogen) atoms. The van der Waals surface area contributed by atoms with Crippen LogP contribution in [0.15, 0.2) is 42.5 Å². The van der Waals surface area contributed by atoms with Gasteiger partial charge in [0.05, 0.1) is 4.34 Å². The summed E-state index contributed by atoms with van der Waals surface area (Å²) in [5.41, 5.74) is 1.39. The highest BCUT2D eigenvalue weighted by Crippen LogP contribution is 2.21. The van der Waals surface area contributed by atoms with Gasteiger partial charge < -0.3 is 5.32 Å². The average molecular weight is 266 g/mol. The molecule has 3 heteroatoms. The Labute approximate surface area is 111 Å². The van der Waals surface area contributed by atoms with E-state index in [1.54, 1.807) is 11.3 Å². The summed E-state index contributed by atoms with van der Waals surface area (Å²) >= 11 is 7.55. The smallest absolute Gasteiger partial charge is 0.0931 e. The van der Waals surface area contributed by atoms with E-state index in [0.717, 1.165) is 30.3 Å². The van der Waals surface area contributed by atoms with Gasteiger partial charge in [-0.2, -0.15) is 0 Å². The third-order valence-electron chi connectivity index (χ3n) is 2.61. The van der Waals surface area contributed by atoms with E-state index in [-0.39, 0.29) is 0 Å². The molecule has 0 aliphatic carbocycles. The molecule has 90 valence electrons. The molecular weight excluding hydrogens is 250 g/mol. The molecule has 1 nitrogen and oxygen atoms in total. The fraction of sp³-hybridized carbons (Fsp3) is 0.286. The van der Waals surface area contributed by atoms with Crippen molar-refractivity contribution in [2.75, 3.05) is 13.1 Å². The molecule has 0 spiro atoms. The first kappa shape index (κ1) is 12.6. The molecule has 0 bridgehead atoms. The van der Waals surface area contributed by atoms with Gasteiger partial charge in [0, 0.05) is 4.88 Å². The molecule has 1 heterocycles. The monoisotopic (exact) mass is 265 g/mol. The summed E-state index contributed by atoms with van der Waals surface area (Å²) in [6, 6.07) is 14.6. The average Bonchev–Trinajstić information content (AvgIpc) is 2.76. The summed E-state index contributed by atoms with van der Waals surface area (Å²) < 4.78 is 0.879. The fourth-order valence-corrected chi connectivity index (χ4v) is 2.79. The number of hydrogen-bond donors (Lipinski definition) is 1. The molecule has 0 aliphatic rings. The Kier molecular flexibility index (Phi) is 5.05. The van der Waals surface area contributed by atoms with Gasteiger partial charge in [-0.15, -0.1) is 11.3 Å². The van der Waals surface area contributed by atoms with Crippen LogP contribution in [-0.4, -0.2) is 13.1 Å². The zero-order chi connectivity index (χ0) is 11.9. The predicted octanol–water partition coefficient (Wildman–Crippen LogP) is 3.78. The Bertz CT molecular complexity index is 438. The van der Waals surface area contributed by atoms with Gasteiger partial charge in [-0.3, -0.25) is 0 Å². The van der Waals surface area contributed by atoms with Gasteiger partial charge in [0.15, 0.2) is 0 Å². The van der Waals surface area contributed by atoms with E-state index in [1.807, 2.05) is 6.07 Å². The zero-order valence-electron chi connectivity index (χ0n) is 9.66. The molecule has 0 amide bonds. The van der Waals surface area contributed by atoms with Crippen LogP contribution >= 0.6 is 22.9 Å². The number of thiophene rings is 1. The highest BCUT2D eigenvalue weighted by molar-refractivity contribution is 7.16. The Morgan fingerprint density at radius 2 is 1.71 bits per heavy atom. The first-order valence-electron chi connectivity index (χ1n) is 5.83. The summed E-state index contributed by atoms with van der Waals surface area (Å²) in [6.45, 7) is 2.05. The molecule has 0 saturated heterocycles. The first-order valence-corrected chi connectivity index (χ1v) is 7.03. The van der Waals surface area contributed by atoms with Gasteiger partial charge >= 0.3 is 0 Å². The number of rotatable bonds is 6. The second-order valence-corrected chi connectivity index (χ2v) is 5.74. The molecule has 0 radical (unpaired) electrons. The Balaban J connectivity index is 1.61. The maximum absolute atomic E-state index is 5.88. The Morgan fingerprint density at radius 3 is 2.41 bits per heavy atom. The number of benzene rings is 1. The van der Waals surface area contributed by atoms with Crippen LogP contribution in [0.3, 0.4) is 0 Å². The third kappa shape index (κ3) is 4.50. The van der Waals surface area contributed by atoms with Crippen LogP contribution in [0.1, 0.15) is 10.4 Å².